The number of carboxylic acid groups (broad SMARTS) is 1. The summed E-state index contributed by atoms with van der Waals surface area (Å²) in [5, 5.41) is 14.5. The molecule has 0 bridgehead atoms. The molecule has 0 unspecified atom stereocenters. The van der Waals surface area contributed by atoms with Gasteiger partial charge in [-0.15, -0.1) is 0 Å². The van der Waals surface area contributed by atoms with Crippen LogP contribution >= 0.6 is 0 Å². The van der Waals surface area contributed by atoms with E-state index in [0.717, 1.165) is 4.68 Å². The van der Waals surface area contributed by atoms with Crippen LogP contribution in [0.2, 0.25) is 0 Å². The first-order chi connectivity index (χ1) is 8.65. The van der Waals surface area contributed by atoms with Gasteiger partial charge in [0.05, 0.1) is 0 Å². The van der Waals surface area contributed by atoms with Crippen LogP contribution in [0, 0.1) is 0 Å². The van der Waals surface area contributed by atoms with Crippen molar-refractivity contribution in [1.29, 1.82) is 0 Å². The lowest BCUT2D eigenvalue weighted by atomic mass is 10.2. The number of hydrogen-bond donors (Lipinski definition) is 2. The van der Waals surface area contributed by atoms with Crippen LogP contribution in [-0.4, -0.2) is 22.3 Å². The standard InChI is InChI=1S/C11H9N3O4/c15-10(16)7-14-6-9(18-13-14)12-11(17)8-4-2-1-3-5-8/h1-6H,7H2,(H-,12,13,15,16,17)/p+1. The largest absolute Gasteiger partial charge is 0.476 e. The van der Waals surface area contributed by atoms with E-state index in [9.17, 15) is 9.59 Å². The number of nitrogens with zero attached hydrogens (tertiary/aromatic N) is 2. The van der Waals surface area contributed by atoms with Crippen molar-refractivity contribution < 1.29 is 23.9 Å². The molecule has 0 spiro atoms. The quantitative estimate of drug-likeness (QED) is 0.758. The first kappa shape index (κ1) is 11.8. The Hall–Kier alpha value is -2.70. The number of carbonyl (C=O) groups is 2. The minimum absolute atomic E-state index is 0.0881. The summed E-state index contributed by atoms with van der Waals surface area (Å²) in [6.07, 6.45) is 1.30. The lowest BCUT2D eigenvalue weighted by Gasteiger charge is -1.97. The van der Waals surface area contributed by atoms with E-state index in [1.54, 1.807) is 30.3 Å². The molecular formula is C11H10N3O4+. The molecule has 0 aliphatic rings. The van der Waals surface area contributed by atoms with Gasteiger partial charge in [-0.1, -0.05) is 18.2 Å². The van der Waals surface area contributed by atoms with Crippen LogP contribution < -0.4 is 10.00 Å². The number of hydrogen-bond acceptors (Lipinski definition) is 4. The van der Waals surface area contributed by atoms with Crippen LogP contribution in [-0.2, 0) is 11.3 Å². The summed E-state index contributed by atoms with van der Waals surface area (Å²) < 4.78 is 5.85. The molecule has 0 fully saturated rings. The van der Waals surface area contributed by atoms with E-state index < -0.39 is 5.97 Å². The Morgan fingerprint density at radius 1 is 1.33 bits per heavy atom. The maximum Gasteiger partial charge on any atom is 0.372 e. The molecule has 7 heteroatoms. The van der Waals surface area contributed by atoms with Gasteiger partial charge < -0.3 is 5.11 Å². The molecule has 0 aliphatic heterocycles. The average molecular weight is 248 g/mol. The molecule has 18 heavy (non-hydrogen) atoms. The first-order valence-electron chi connectivity index (χ1n) is 5.10. The maximum atomic E-state index is 11.7. The summed E-state index contributed by atoms with van der Waals surface area (Å²) in [6, 6.07) is 8.57. The molecule has 1 heterocycles. The van der Waals surface area contributed by atoms with Crippen molar-refractivity contribution in [1.82, 2.24) is 5.27 Å². The molecule has 0 radical (unpaired) electrons. The van der Waals surface area contributed by atoms with Crippen molar-refractivity contribution in [3.8, 4) is 0 Å². The predicted octanol–water partition coefficient (Wildman–Crippen LogP) is 0.299. The number of rotatable bonds is 4. The molecule has 2 rings (SSSR count). The Kier molecular flexibility index (Phi) is 3.33. The molecule has 0 aliphatic carbocycles. The Bertz CT molecular complexity index is 565. The Labute approximate surface area is 102 Å². The van der Waals surface area contributed by atoms with E-state index in [4.69, 9.17) is 9.63 Å². The number of aliphatic carboxylic acids is 1. The molecule has 0 saturated carbocycles. The Morgan fingerprint density at radius 3 is 2.72 bits per heavy atom. The Balaban J connectivity index is 2.04. The fraction of sp³-hybridized carbons (Fsp3) is 0.0909. The fourth-order valence-electron chi connectivity index (χ4n) is 1.32. The molecule has 7 nitrogen and oxygen atoms in total. The SMILES string of the molecule is O=C(O)C[n+]1cc(NC(=O)c2ccccc2)on1. The third-order valence-corrected chi connectivity index (χ3v) is 2.08. The van der Waals surface area contributed by atoms with E-state index in [1.807, 2.05) is 0 Å². The summed E-state index contributed by atoms with van der Waals surface area (Å²) in [4.78, 5) is 22.2. The zero-order valence-corrected chi connectivity index (χ0v) is 9.24. The molecule has 1 amide bonds. The molecule has 0 atom stereocenters. The number of benzene rings is 1. The van der Waals surface area contributed by atoms with Crippen molar-refractivity contribution in [2.24, 2.45) is 0 Å². The van der Waals surface area contributed by atoms with Crippen molar-refractivity contribution >= 4 is 17.8 Å². The van der Waals surface area contributed by atoms with Gasteiger partial charge in [0.25, 0.3) is 18.6 Å². The highest BCUT2D eigenvalue weighted by atomic mass is 16.5. The van der Waals surface area contributed by atoms with Gasteiger partial charge in [-0.3, -0.25) is 14.6 Å². The van der Waals surface area contributed by atoms with Crippen LogP contribution in [0.15, 0.2) is 41.1 Å². The summed E-state index contributed by atoms with van der Waals surface area (Å²) in [7, 11) is 0. The number of aromatic nitrogens is 2. The maximum absolute atomic E-state index is 11.7. The highest BCUT2D eigenvalue weighted by Crippen LogP contribution is 2.05. The van der Waals surface area contributed by atoms with Gasteiger partial charge in [0, 0.05) is 5.56 Å². The van der Waals surface area contributed by atoms with Gasteiger partial charge >= 0.3 is 11.9 Å². The normalized spacial score (nSPS) is 10.0. The second-order valence-corrected chi connectivity index (χ2v) is 3.48. The number of anilines is 1. The van der Waals surface area contributed by atoms with Crippen molar-refractivity contribution in [3.63, 3.8) is 0 Å². The van der Waals surface area contributed by atoms with Crippen LogP contribution in [0.1, 0.15) is 10.4 Å². The van der Waals surface area contributed by atoms with E-state index in [2.05, 4.69) is 10.6 Å². The lowest BCUT2D eigenvalue weighted by Crippen LogP contribution is -2.38. The zero-order valence-electron chi connectivity index (χ0n) is 9.24. The molecule has 2 aromatic rings. The minimum Gasteiger partial charge on any atom is -0.476 e. The third-order valence-electron chi connectivity index (χ3n) is 2.08. The van der Waals surface area contributed by atoms with E-state index in [-0.39, 0.29) is 18.3 Å². The minimum atomic E-state index is -1.05. The summed E-state index contributed by atoms with van der Waals surface area (Å²) in [5.74, 6) is -1.31. The molecule has 1 aromatic heterocycles. The van der Waals surface area contributed by atoms with E-state index in [0.29, 0.717) is 5.56 Å². The van der Waals surface area contributed by atoms with Gasteiger partial charge in [-0.25, -0.2) is 4.79 Å². The number of nitrogens with one attached hydrogen (secondary N) is 1. The van der Waals surface area contributed by atoms with Crippen LogP contribution in [0.4, 0.5) is 5.88 Å². The molecule has 0 saturated heterocycles. The molecule has 1 aromatic carbocycles. The fourth-order valence-corrected chi connectivity index (χ4v) is 1.32. The second kappa shape index (κ2) is 5.09. The van der Waals surface area contributed by atoms with E-state index in [1.165, 1.54) is 6.20 Å². The lowest BCUT2D eigenvalue weighted by molar-refractivity contribution is -0.752. The van der Waals surface area contributed by atoms with Crippen LogP contribution in [0.3, 0.4) is 0 Å². The molecule has 92 valence electrons. The van der Waals surface area contributed by atoms with Gasteiger partial charge in [0.15, 0.2) is 0 Å². The summed E-state index contributed by atoms with van der Waals surface area (Å²) in [6.45, 7) is -0.329. The van der Waals surface area contributed by atoms with E-state index >= 15 is 0 Å². The van der Waals surface area contributed by atoms with Crippen molar-refractivity contribution in [3.05, 3.63) is 42.1 Å². The summed E-state index contributed by atoms with van der Waals surface area (Å²) >= 11 is 0. The highest BCUT2D eigenvalue weighted by Gasteiger charge is 2.17. The van der Waals surface area contributed by atoms with Crippen molar-refractivity contribution in [2.45, 2.75) is 6.54 Å². The number of amides is 1. The second-order valence-electron chi connectivity index (χ2n) is 3.48. The monoisotopic (exact) mass is 248 g/mol. The smallest absolute Gasteiger partial charge is 0.372 e. The predicted molar refractivity (Wildman–Crippen MR) is 58.7 cm³/mol. The molecular weight excluding hydrogens is 238 g/mol. The van der Waals surface area contributed by atoms with Crippen LogP contribution in [0.25, 0.3) is 0 Å². The van der Waals surface area contributed by atoms with Gasteiger partial charge in [-0.2, -0.15) is 0 Å². The van der Waals surface area contributed by atoms with Gasteiger partial charge in [0.2, 0.25) is 5.27 Å². The van der Waals surface area contributed by atoms with Crippen LogP contribution in [0.5, 0.6) is 0 Å². The topological polar surface area (TPSA) is 96.3 Å². The number of carbonyl (C=O) groups excluding carboxylic acids is 1. The zero-order chi connectivity index (χ0) is 13.0. The summed E-state index contributed by atoms with van der Waals surface area (Å²) in [5.41, 5.74) is 0.471. The number of carboxylic acids is 1. The molecule has 2 N–H and O–H groups in total. The van der Waals surface area contributed by atoms with Gasteiger partial charge in [0.1, 0.15) is 0 Å². The Morgan fingerprint density at radius 2 is 2.06 bits per heavy atom. The average Bonchev–Trinajstić information content (AvgIpc) is 2.76. The third kappa shape index (κ3) is 2.91. The highest BCUT2D eigenvalue weighted by molar-refractivity contribution is 6.03. The van der Waals surface area contributed by atoms with Gasteiger partial charge in [-0.05, 0) is 16.8 Å². The van der Waals surface area contributed by atoms with Crippen molar-refractivity contribution in [2.75, 3.05) is 5.32 Å². The first-order valence-corrected chi connectivity index (χ1v) is 5.10.